The van der Waals surface area contributed by atoms with Gasteiger partial charge in [-0.15, -0.1) is 0 Å². The molecule has 0 unspecified atom stereocenters. The number of aromatic nitrogens is 1. The van der Waals surface area contributed by atoms with Crippen LogP contribution in [0.4, 0.5) is 5.69 Å². The molecule has 0 bridgehead atoms. The summed E-state index contributed by atoms with van der Waals surface area (Å²) in [7, 11) is 0. The predicted molar refractivity (Wildman–Crippen MR) is 77.6 cm³/mol. The molecule has 20 heavy (non-hydrogen) atoms. The third-order valence-electron chi connectivity index (χ3n) is 3.04. The highest BCUT2D eigenvalue weighted by Gasteiger charge is 2.11. The molecule has 1 aromatic carbocycles. The molecule has 104 valence electrons. The third kappa shape index (κ3) is 3.53. The van der Waals surface area contributed by atoms with E-state index in [1.54, 1.807) is 18.5 Å². The van der Waals surface area contributed by atoms with Gasteiger partial charge in [0, 0.05) is 42.1 Å². The summed E-state index contributed by atoms with van der Waals surface area (Å²) in [5, 5.41) is 14.6. The first-order chi connectivity index (χ1) is 9.58. The molecule has 1 heterocycles. The lowest BCUT2D eigenvalue weighted by Gasteiger charge is -2.14. The van der Waals surface area contributed by atoms with E-state index in [1.807, 2.05) is 19.1 Å². The number of nitro groups is 1. The van der Waals surface area contributed by atoms with Gasteiger partial charge in [-0.1, -0.05) is 11.6 Å². The molecule has 0 radical (unpaired) electrons. The standard InChI is InChI=1S/C14H14ClN3O2/c1-10(11-4-6-16-7-5-11)17-9-12-8-13(18(19)20)2-3-14(12)15/h2-8,10,17H,9H2,1H3/t10-/m1/s1. The number of hydrogen-bond donors (Lipinski definition) is 1. The van der Waals surface area contributed by atoms with Gasteiger partial charge in [-0.3, -0.25) is 15.1 Å². The maximum Gasteiger partial charge on any atom is 0.269 e. The van der Waals surface area contributed by atoms with Gasteiger partial charge in [0.2, 0.25) is 0 Å². The van der Waals surface area contributed by atoms with Crippen molar-refractivity contribution >= 4 is 17.3 Å². The maximum absolute atomic E-state index is 10.8. The molecule has 0 aliphatic heterocycles. The molecule has 5 nitrogen and oxygen atoms in total. The molecule has 0 spiro atoms. The predicted octanol–water partition coefficient (Wildman–Crippen LogP) is 3.49. The maximum atomic E-state index is 10.8. The van der Waals surface area contributed by atoms with Crippen molar-refractivity contribution in [1.29, 1.82) is 0 Å². The first-order valence-electron chi connectivity index (χ1n) is 6.14. The highest BCUT2D eigenvalue weighted by molar-refractivity contribution is 6.31. The van der Waals surface area contributed by atoms with Crippen LogP contribution in [0.15, 0.2) is 42.7 Å². The minimum atomic E-state index is -0.424. The second-order valence-electron chi connectivity index (χ2n) is 4.42. The fraction of sp³-hybridized carbons (Fsp3) is 0.214. The lowest BCUT2D eigenvalue weighted by atomic mass is 10.1. The van der Waals surface area contributed by atoms with E-state index in [0.29, 0.717) is 17.1 Å². The second kappa shape index (κ2) is 6.45. The van der Waals surface area contributed by atoms with E-state index >= 15 is 0 Å². The minimum absolute atomic E-state index is 0.0442. The number of halogens is 1. The van der Waals surface area contributed by atoms with Crippen molar-refractivity contribution in [1.82, 2.24) is 10.3 Å². The van der Waals surface area contributed by atoms with Gasteiger partial charge < -0.3 is 5.32 Å². The van der Waals surface area contributed by atoms with E-state index in [4.69, 9.17) is 11.6 Å². The topological polar surface area (TPSA) is 68.1 Å². The average Bonchev–Trinajstić information content (AvgIpc) is 2.46. The lowest BCUT2D eigenvalue weighted by Crippen LogP contribution is -2.18. The minimum Gasteiger partial charge on any atom is -0.306 e. The molecule has 1 atom stereocenters. The molecule has 0 aliphatic carbocycles. The molecule has 0 aliphatic rings. The summed E-state index contributed by atoms with van der Waals surface area (Å²) in [5.74, 6) is 0. The van der Waals surface area contributed by atoms with E-state index in [0.717, 1.165) is 5.56 Å². The van der Waals surface area contributed by atoms with E-state index in [-0.39, 0.29) is 11.7 Å². The molecule has 1 aromatic heterocycles. The highest BCUT2D eigenvalue weighted by Crippen LogP contribution is 2.22. The van der Waals surface area contributed by atoms with Gasteiger partial charge in [-0.05, 0) is 36.2 Å². The molecule has 2 aromatic rings. The molecular weight excluding hydrogens is 278 g/mol. The van der Waals surface area contributed by atoms with E-state index in [9.17, 15) is 10.1 Å². The van der Waals surface area contributed by atoms with Gasteiger partial charge in [0.25, 0.3) is 5.69 Å². The first kappa shape index (κ1) is 14.4. The van der Waals surface area contributed by atoms with Crippen LogP contribution in [0.2, 0.25) is 5.02 Å². The second-order valence-corrected chi connectivity index (χ2v) is 4.82. The van der Waals surface area contributed by atoms with Crippen LogP contribution in [0.25, 0.3) is 0 Å². The van der Waals surface area contributed by atoms with Gasteiger partial charge in [0.15, 0.2) is 0 Å². The smallest absolute Gasteiger partial charge is 0.269 e. The van der Waals surface area contributed by atoms with E-state index < -0.39 is 4.92 Å². The van der Waals surface area contributed by atoms with E-state index in [1.165, 1.54) is 12.1 Å². The number of pyridine rings is 1. The molecule has 0 saturated heterocycles. The Balaban J connectivity index is 2.07. The van der Waals surface area contributed by atoms with Crippen molar-refractivity contribution in [3.8, 4) is 0 Å². The first-order valence-corrected chi connectivity index (χ1v) is 6.52. The van der Waals surface area contributed by atoms with Crippen LogP contribution >= 0.6 is 11.6 Å². The SMILES string of the molecule is C[C@@H](NCc1cc([N+](=O)[O-])ccc1Cl)c1ccncc1. The summed E-state index contributed by atoms with van der Waals surface area (Å²) >= 11 is 6.06. The molecule has 1 N–H and O–H groups in total. The zero-order chi connectivity index (χ0) is 14.5. The van der Waals surface area contributed by atoms with Crippen LogP contribution in [0.3, 0.4) is 0 Å². The Morgan fingerprint density at radius 3 is 2.70 bits per heavy atom. The van der Waals surface area contributed by atoms with Crippen molar-refractivity contribution < 1.29 is 4.92 Å². The largest absolute Gasteiger partial charge is 0.306 e. The van der Waals surface area contributed by atoms with Gasteiger partial charge in [-0.2, -0.15) is 0 Å². The number of benzene rings is 1. The number of hydrogen-bond acceptors (Lipinski definition) is 4. The average molecular weight is 292 g/mol. The summed E-state index contributed by atoms with van der Waals surface area (Å²) in [5.41, 5.74) is 1.85. The summed E-state index contributed by atoms with van der Waals surface area (Å²) < 4.78 is 0. The van der Waals surface area contributed by atoms with Gasteiger partial charge in [0.1, 0.15) is 0 Å². The Labute approximate surface area is 121 Å². The summed E-state index contributed by atoms with van der Waals surface area (Å²) in [6, 6.07) is 8.40. The van der Waals surface area contributed by atoms with Crippen molar-refractivity contribution in [2.75, 3.05) is 0 Å². The summed E-state index contributed by atoms with van der Waals surface area (Å²) in [6.45, 7) is 2.48. The van der Waals surface area contributed by atoms with E-state index in [2.05, 4.69) is 10.3 Å². The Morgan fingerprint density at radius 2 is 2.05 bits per heavy atom. The molecule has 0 amide bonds. The van der Waals surface area contributed by atoms with Crippen molar-refractivity contribution in [2.45, 2.75) is 19.5 Å². The molecule has 0 fully saturated rings. The van der Waals surface area contributed by atoms with Crippen molar-refractivity contribution in [2.24, 2.45) is 0 Å². The molecule has 6 heteroatoms. The fourth-order valence-electron chi connectivity index (χ4n) is 1.84. The van der Waals surface area contributed by atoms with Crippen LogP contribution in [0.1, 0.15) is 24.1 Å². The fourth-order valence-corrected chi connectivity index (χ4v) is 2.03. The Kier molecular flexibility index (Phi) is 4.65. The Morgan fingerprint density at radius 1 is 1.35 bits per heavy atom. The normalized spacial score (nSPS) is 12.1. The Bertz CT molecular complexity index is 605. The Hall–Kier alpha value is -1.98. The number of non-ortho nitro benzene ring substituents is 1. The zero-order valence-electron chi connectivity index (χ0n) is 10.9. The van der Waals surface area contributed by atoms with Crippen LogP contribution in [0, 0.1) is 10.1 Å². The van der Waals surface area contributed by atoms with Crippen molar-refractivity contribution in [3.05, 3.63) is 69.0 Å². The van der Waals surface area contributed by atoms with Crippen LogP contribution in [0.5, 0.6) is 0 Å². The molecule has 2 rings (SSSR count). The van der Waals surface area contributed by atoms with Crippen LogP contribution < -0.4 is 5.32 Å². The lowest BCUT2D eigenvalue weighted by molar-refractivity contribution is -0.384. The van der Waals surface area contributed by atoms with Gasteiger partial charge in [0.05, 0.1) is 4.92 Å². The van der Waals surface area contributed by atoms with Crippen molar-refractivity contribution in [3.63, 3.8) is 0 Å². The molecular formula is C14H14ClN3O2. The zero-order valence-corrected chi connectivity index (χ0v) is 11.7. The van der Waals surface area contributed by atoms with Crippen LogP contribution in [-0.4, -0.2) is 9.91 Å². The van der Waals surface area contributed by atoms with Gasteiger partial charge >= 0.3 is 0 Å². The van der Waals surface area contributed by atoms with Gasteiger partial charge in [-0.25, -0.2) is 0 Å². The molecule has 0 saturated carbocycles. The number of nitrogens with zero attached hydrogens (tertiary/aromatic N) is 2. The highest BCUT2D eigenvalue weighted by atomic mass is 35.5. The third-order valence-corrected chi connectivity index (χ3v) is 3.41. The summed E-state index contributed by atoms with van der Waals surface area (Å²) in [6.07, 6.45) is 3.46. The number of nitrogens with one attached hydrogen (secondary N) is 1. The number of nitro benzene ring substituents is 1. The number of rotatable bonds is 5. The van der Waals surface area contributed by atoms with Crippen LogP contribution in [-0.2, 0) is 6.54 Å². The monoisotopic (exact) mass is 291 g/mol. The quantitative estimate of drug-likeness (QED) is 0.676. The summed E-state index contributed by atoms with van der Waals surface area (Å²) in [4.78, 5) is 14.3.